The molecule has 0 radical (unpaired) electrons. The minimum absolute atomic E-state index is 0.0797. The Labute approximate surface area is 132 Å². The van der Waals surface area contributed by atoms with Crippen molar-refractivity contribution in [3.05, 3.63) is 29.5 Å². The third-order valence-corrected chi connectivity index (χ3v) is 2.49. The molecule has 0 saturated heterocycles. The van der Waals surface area contributed by atoms with Gasteiger partial charge in [0, 0.05) is 12.1 Å². The fourth-order valence-corrected chi connectivity index (χ4v) is 1.63. The van der Waals surface area contributed by atoms with Crippen LogP contribution in [0.25, 0.3) is 6.08 Å². The summed E-state index contributed by atoms with van der Waals surface area (Å²) in [6.45, 7) is 5.45. The Hall–Kier alpha value is -2.25. The van der Waals surface area contributed by atoms with Gasteiger partial charge in [-0.15, -0.1) is 0 Å². The van der Waals surface area contributed by atoms with Gasteiger partial charge in [-0.3, -0.25) is 0 Å². The Morgan fingerprint density at radius 2 is 2.00 bits per heavy atom. The van der Waals surface area contributed by atoms with Crippen molar-refractivity contribution < 1.29 is 22.7 Å². The first-order valence-electron chi connectivity index (χ1n) is 6.96. The van der Waals surface area contributed by atoms with Gasteiger partial charge in [-0.2, -0.15) is 13.2 Å². The zero-order valence-electron chi connectivity index (χ0n) is 13.2. The zero-order valence-corrected chi connectivity index (χ0v) is 13.2. The van der Waals surface area contributed by atoms with Crippen molar-refractivity contribution in [3.8, 4) is 0 Å². The van der Waals surface area contributed by atoms with E-state index in [0.717, 1.165) is 0 Å². The molecule has 0 atom stereocenters. The highest BCUT2D eigenvalue weighted by molar-refractivity contribution is 5.67. The van der Waals surface area contributed by atoms with E-state index >= 15 is 0 Å². The maximum Gasteiger partial charge on any atom is 0.434 e. The van der Waals surface area contributed by atoms with Crippen molar-refractivity contribution in [1.82, 2.24) is 10.3 Å². The van der Waals surface area contributed by atoms with Crippen molar-refractivity contribution >= 4 is 18.0 Å². The van der Waals surface area contributed by atoms with Crippen LogP contribution in [0, 0.1) is 0 Å². The molecule has 0 aliphatic carbocycles. The van der Waals surface area contributed by atoms with Gasteiger partial charge in [0.15, 0.2) is 5.69 Å². The number of alkyl halides is 3. The van der Waals surface area contributed by atoms with Crippen molar-refractivity contribution in [1.29, 1.82) is 0 Å². The Morgan fingerprint density at radius 3 is 2.57 bits per heavy atom. The van der Waals surface area contributed by atoms with Crippen LogP contribution in [0.3, 0.4) is 0 Å². The number of nitrogen functional groups attached to an aromatic ring is 1. The van der Waals surface area contributed by atoms with E-state index in [1.54, 1.807) is 20.8 Å². The van der Waals surface area contributed by atoms with Crippen LogP contribution in [-0.4, -0.2) is 23.2 Å². The lowest BCUT2D eigenvalue weighted by Crippen LogP contribution is -2.32. The van der Waals surface area contributed by atoms with Crippen LogP contribution in [0.4, 0.5) is 23.8 Å². The number of nitrogens with two attached hydrogens (primary N) is 1. The number of amides is 1. The number of carbonyl (C=O) groups excluding carboxylic acids is 1. The number of nitrogens with zero attached hydrogens (tertiary/aromatic N) is 1. The molecule has 5 nitrogen and oxygen atoms in total. The first kappa shape index (κ1) is 18.8. The predicted octanol–water partition coefficient (Wildman–Crippen LogP) is 3.61. The summed E-state index contributed by atoms with van der Waals surface area (Å²) in [5.41, 5.74) is 3.57. The number of rotatable bonds is 4. The predicted molar refractivity (Wildman–Crippen MR) is 81.5 cm³/mol. The summed E-state index contributed by atoms with van der Waals surface area (Å²) >= 11 is 0. The molecule has 8 heteroatoms. The summed E-state index contributed by atoms with van der Waals surface area (Å²) in [5.74, 6) is -0.193. The topological polar surface area (TPSA) is 77.2 Å². The smallest absolute Gasteiger partial charge is 0.434 e. The molecule has 1 aromatic heterocycles. The quantitative estimate of drug-likeness (QED) is 0.826. The van der Waals surface area contributed by atoms with E-state index in [2.05, 4.69) is 10.3 Å². The second kappa shape index (κ2) is 7.34. The molecule has 1 amide bonds. The van der Waals surface area contributed by atoms with E-state index in [9.17, 15) is 18.0 Å². The number of carbonyl (C=O) groups is 1. The van der Waals surface area contributed by atoms with Crippen LogP contribution in [0.2, 0.25) is 0 Å². The summed E-state index contributed by atoms with van der Waals surface area (Å²) in [6.07, 6.45) is -1.99. The molecule has 1 rings (SSSR count). The lowest BCUT2D eigenvalue weighted by molar-refractivity contribution is -0.141. The van der Waals surface area contributed by atoms with E-state index in [-0.39, 0.29) is 17.9 Å². The molecule has 0 saturated carbocycles. The molecular weight excluding hydrogens is 311 g/mol. The minimum atomic E-state index is -4.58. The molecule has 0 aromatic carbocycles. The van der Waals surface area contributed by atoms with Gasteiger partial charge in [0.2, 0.25) is 0 Å². The number of anilines is 1. The molecule has 1 heterocycles. The summed E-state index contributed by atoms with van der Waals surface area (Å²) in [6, 6.07) is 2.55. The van der Waals surface area contributed by atoms with Gasteiger partial charge in [-0.1, -0.05) is 12.2 Å². The molecule has 23 heavy (non-hydrogen) atoms. The molecule has 3 N–H and O–H groups in total. The number of hydrogen-bond acceptors (Lipinski definition) is 4. The van der Waals surface area contributed by atoms with Crippen molar-refractivity contribution in [3.63, 3.8) is 0 Å². The summed E-state index contributed by atoms with van der Waals surface area (Å²) in [7, 11) is 0. The molecule has 0 aliphatic heterocycles. The second-order valence-corrected chi connectivity index (χ2v) is 5.79. The molecule has 0 bridgehead atoms. The maximum atomic E-state index is 12.8. The maximum absolute atomic E-state index is 12.8. The Morgan fingerprint density at radius 1 is 1.35 bits per heavy atom. The molecule has 0 fully saturated rings. The number of aromatic nitrogens is 1. The summed E-state index contributed by atoms with van der Waals surface area (Å²) < 4.78 is 43.6. The van der Waals surface area contributed by atoms with E-state index in [4.69, 9.17) is 10.5 Å². The van der Waals surface area contributed by atoms with Crippen LogP contribution < -0.4 is 11.1 Å². The Balaban J connectivity index is 2.58. The SMILES string of the molecule is CC(C)(C)OC(=O)NCCC=Cc1ccc(N)nc1C(F)(F)F. The molecular formula is C15H20F3N3O2. The summed E-state index contributed by atoms with van der Waals surface area (Å²) in [4.78, 5) is 14.7. The third-order valence-electron chi connectivity index (χ3n) is 2.49. The molecule has 128 valence electrons. The van der Waals surface area contributed by atoms with Gasteiger partial charge < -0.3 is 15.8 Å². The second-order valence-electron chi connectivity index (χ2n) is 5.79. The third kappa shape index (κ3) is 7.03. The number of halogens is 3. The van der Waals surface area contributed by atoms with Crippen LogP contribution >= 0.6 is 0 Å². The van der Waals surface area contributed by atoms with Crippen LogP contribution in [0.1, 0.15) is 38.4 Å². The lowest BCUT2D eigenvalue weighted by Gasteiger charge is -2.19. The number of hydrogen-bond donors (Lipinski definition) is 2. The van der Waals surface area contributed by atoms with Gasteiger partial charge in [0.05, 0.1) is 0 Å². The van der Waals surface area contributed by atoms with Crippen molar-refractivity contribution in [2.45, 2.75) is 39.0 Å². The van der Waals surface area contributed by atoms with E-state index < -0.39 is 23.6 Å². The van der Waals surface area contributed by atoms with E-state index in [0.29, 0.717) is 6.42 Å². The first-order valence-corrected chi connectivity index (χ1v) is 6.96. The van der Waals surface area contributed by atoms with Gasteiger partial charge in [0.25, 0.3) is 0 Å². The van der Waals surface area contributed by atoms with Gasteiger partial charge in [-0.25, -0.2) is 9.78 Å². The lowest BCUT2D eigenvalue weighted by atomic mass is 10.1. The van der Waals surface area contributed by atoms with Crippen LogP contribution in [-0.2, 0) is 10.9 Å². The molecule has 0 aliphatic rings. The van der Waals surface area contributed by atoms with Crippen LogP contribution in [0.5, 0.6) is 0 Å². The highest BCUT2D eigenvalue weighted by atomic mass is 19.4. The van der Waals surface area contributed by atoms with E-state index in [1.165, 1.54) is 24.3 Å². The van der Waals surface area contributed by atoms with Gasteiger partial charge >= 0.3 is 12.3 Å². The monoisotopic (exact) mass is 331 g/mol. The fraction of sp³-hybridized carbons (Fsp3) is 0.467. The first-order chi connectivity index (χ1) is 10.5. The average Bonchev–Trinajstić information content (AvgIpc) is 2.36. The highest BCUT2D eigenvalue weighted by Crippen LogP contribution is 2.31. The number of ether oxygens (including phenoxy) is 1. The fourth-order valence-electron chi connectivity index (χ4n) is 1.63. The normalized spacial score (nSPS) is 12.4. The molecule has 0 unspecified atom stereocenters. The number of nitrogens with one attached hydrogen (secondary N) is 1. The minimum Gasteiger partial charge on any atom is -0.444 e. The Bertz CT molecular complexity index is 578. The number of pyridine rings is 1. The number of alkyl carbamates (subject to hydrolysis) is 1. The summed E-state index contributed by atoms with van der Waals surface area (Å²) in [5, 5.41) is 2.51. The van der Waals surface area contributed by atoms with Crippen molar-refractivity contribution in [2.75, 3.05) is 12.3 Å². The van der Waals surface area contributed by atoms with Gasteiger partial charge in [-0.05, 0) is 39.3 Å². The van der Waals surface area contributed by atoms with Gasteiger partial charge in [0.1, 0.15) is 11.4 Å². The zero-order chi connectivity index (χ0) is 17.7. The molecule has 1 aromatic rings. The highest BCUT2D eigenvalue weighted by Gasteiger charge is 2.34. The Kier molecular flexibility index (Phi) is 6.00. The molecule has 0 spiro atoms. The largest absolute Gasteiger partial charge is 0.444 e. The van der Waals surface area contributed by atoms with E-state index in [1.807, 2.05) is 0 Å². The van der Waals surface area contributed by atoms with Crippen LogP contribution in [0.15, 0.2) is 18.2 Å². The van der Waals surface area contributed by atoms with Crippen molar-refractivity contribution in [2.24, 2.45) is 0 Å². The average molecular weight is 331 g/mol. The standard InChI is InChI=1S/C15H20F3N3O2/c1-14(2,3)23-13(22)20-9-5-4-6-10-7-8-11(19)21-12(10)15(16,17)18/h4,6-8H,5,9H2,1-3H3,(H2,19,21)(H,20,22).